The molecule has 1 amide bonds. The molecule has 0 aliphatic carbocycles. The summed E-state index contributed by atoms with van der Waals surface area (Å²) in [6, 6.07) is 12.3. The Morgan fingerprint density at radius 3 is 2.72 bits per heavy atom. The number of ether oxygens (including phenoxy) is 2. The number of rotatable bonds is 9. The molecular weight excluding hydrogens is 477 g/mol. The van der Waals surface area contributed by atoms with Gasteiger partial charge in [-0.05, 0) is 36.7 Å². The molecule has 2 aromatic heterocycles. The Hall–Kier alpha value is -3.24. The highest BCUT2D eigenvalue weighted by Crippen LogP contribution is 2.30. The van der Waals surface area contributed by atoms with Crippen molar-refractivity contribution in [1.29, 1.82) is 0 Å². The molecule has 4 heterocycles. The monoisotopic (exact) mass is 509 g/mol. The van der Waals surface area contributed by atoms with E-state index in [-0.39, 0.29) is 12.7 Å². The fourth-order valence-electron chi connectivity index (χ4n) is 4.33. The lowest BCUT2D eigenvalue weighted by Gasteiger charge is -2.18. The molecule has 0 unspecified atom stereocenters. The van der Waals surface area contributed by atoms with E-state index in [0.29, 0.717) is 49.7 Å². The van der Waals surface area contributed by atoms with Crippen LogP contribution in [0.4, 0.5) is 15.9 Å². The molecule has 3 aromatic rings. The van der Waals surface area contributed by atoms with Gasteiger partial charge in [0.15, 0.2) is 6.79 Å². The molecule has 2 aliphatic rings. The maximum Gasteiger partial charge on any atom is 0.262 e. The number of hydrogen-bond acceptors (Lipinski definition) is 6. The second-order valence-corrected chi connectivity index (χ2v) is 16.1. The lowest BCUT2D eigenvalue weighted by molar-refractivity contribution is 0.0221. The van der Waals surface area contributed by atoms with Gasteiger partial charge in [0.1, 0.15) is 17.7 Å². The van der Waals surface area contributed by atoms with Crippen LogP contribution in [0.3, 0.4) is 0 Å². The number of fused-ring (bicyclic) bond motifs is 1. The van der Waals surface area contributed by atoms with Crippen molar-refractivity contribution in [3.8, 4) is 11.4 Å². The maximum atomic E-state index is 13.5. The van der Waals surface area contributed by atoms with E-state index in [9.17, 15) is 9.18 Å². The summed E-state index contributed by atoms with van der Waals surface area (Å²) in [4.78, 5) is 21.3. The summed E-state index contributed by atoms with van der Waals surface area (Å²) < 4.78 is 26.6. The number of hydrogen-bond donors (Lipinski definition) is 0. The van der Waals surface area contributed by atoms with Crippen LogP contribution in [0.2, 0.25) is 25.7 Å². The predicted octanol–water partition coefficient (Wildman–Crippen LogP) is 4.67. The van der Waals surface area contributed by atoms with Crippen LogP contribution >= 0.6 is 0 Å². The van der Waals surface area contributed by atoms with Gasteiger partial charge in [0.2, 0.25) is 0 Å². The third-order valence-electron chi connectivity index (χ3n) is 6.46. The van der Waals surface area contributed by atoms with E-state index in [1.54, 1.807) is 22.0 Å². The van der Waals surface area contributed by atoms with Gasteiger partial charge in [-0.3, -0.25) is 4.79 Å². The molecule has 0 spiro atoms. The quantitative estimate of drug-likeness (QED) is 0.237. The first-order chi connectivity index (χ1) is 17.3. The normalized spacial score (nSPS) is 17.7. The summed E-state index contributed by atoms with van der Waals surface area (Å²) in [6.45, 7) is 9.25. The molecular formula is C26H32FN5O3Si. The lowest BCUT2D eigenvalue weighted by Crippen LogP contribution is -2.24. The van der Waals surface area contributed by atoms with E-state index in [1.807, 2.05) is 41.3 Å². The van der Waals surface area contributed by atoms with Crippen molar-refractivity contribution in [1.82, 2.24) is 14.8 Å². The van der Waals surface area contributed by atoms with Crippen LogP contribution < -0.4 is 14.5 Å². The first-order valence-electron chi connectivity index (χ1n) is 12.3. The van der Waals surface area contributed by atoms with Gasteiger partial charge in [-0.15, -0.1) is 0 Å². The van der Waals surface area contributed by atoms with Gasteiger partial charge < -0.3 is 19.3 Å². The van der Waals surface area contributed by atoms with E-state index < -0.39 is 14.2 Å². The molecule has 0 N–H and O–H groups in total. The lowest BCUT2D eigenvalue weighted by atomic mass is 10.2. The van der Waals surface area contributed by atoms with E-state index in [4.69, 9.17) is 9.47 Å². The van der Waals surface area contributed by atoms with Gasteiger partial charge in [-0.2, -0.15) is 5.10 Å². The molecule has 1 atom stereocenters. The Kier molecular flexibility index (Phi) is 6.81. The minimum absolute atomic E-state index is 0.101. The molecule has 0 bridgehead atoms. The summed E-state index contributed by atoms with van der Waals surface area (Å²) in [7, 11) is -1.13. The zero-order valence-electron chi connectivity index (χ0n) is 21.0. The molecule has 10 heteroatoms. The van der Waals surface area contributed by atoms with Crippen LogP contribution in [0.15, 0.2) is 48.8 Å². The van der Waals surface area contributed by atoms with Crippen molar-refractivity contribution < 1.29 is 18.7 Å². The highest BCUT2D eigenvalue weighted by atomic mass is 28.3. The van der Waals surface area contributed by atoms with Crippen LogP contribution in [0, 0.1) is 0 Å². The number of anilines is 2. The summed E-state index contributed by atoms with van der Waals surface area (Å²) >= 11 is 0. The van der Waals surface area contributed by atoms with Crippen molar-refractivity contribution in [2.24, 2.45) is 0 Å². The summed E-state index contributed by atoms with van der Waals surface area (Å²) in [6.07, 6.45) is 3.19. The number of pyridine rings is 1. The van der Waals surface area contributed by atoms with Crippen molar-refractivity contribution >= 4 is 25.5 Å². The van der Waals surface area contributed by atoms with E-state index >= 15 is 0 Å². The minimum Gasteiger partial charge on any atom is -0.467 e. The first-order valence-corrected chi connectivity index (χ1v) is 16.0. The van der Waals surface area contributed by atoms with Gasteiger partial charge in [0.25, 0.3) is 5.91 Å². The van der Waals surface area contributed by atoms with E-state index in [2.05, 4.69) is 29.7 Å². The Balaban J connectivity index is 1.21. The van der Waals surface area contributed by atoms with Gasteiger partial charge in [-0.25, -0.2) is 14.1 Å². The zero-order chi connectivity index (χ0) is 25.3. The SMILES string of the molecule is C[Si](C)(C)CCOCOc1cccc(N2Cc3nn(-c4ccc(N5CC[C@H](F)C5)nc4)cc3C2=O)c1. The highest BCUT2D eigenvalue weighted by molar-refractivity contribution is 6.76. The average molecular weight is 510 g/mol. The van der Waals surface area contributed by atoms with Gasteiger partial charge in [0.05, 0.1) is 36.2 Å². The van der Waals surface area contributed by atoms with Crippen molar-refractivity contribution in [3.05, 3.63) is 60.0 Å². The second-order valence-electron chi connectivity index (χ2n) is 10.5. The minimum atomic E-state index is -1.13. The molecule has 0 radical (unpaired) electrons. The van der Waals surface area contributed by atoms with Crippen molar-refractivity contribution in [2.75, 3.05) is 36.3 Å². The average Bonchev–Trinajstić information content (AvgIpc) is 3.55. The second kappa shape index (κ2) is 10.0. The van der Waals surface area contributed by atoms with Crippen LogP contribution in [-0.4, -0.2) is 61.4 Å². The smallest absolute Gasteiger partial charge is 0.262 e. The van der Waals surface area contributed by atoms with Crippen LogP contribution in [-0.2, 0) is 11.3 Å². The molecule has 5 rings (SSSR count). The Morgan fingerprint density at radius 2 is 2.03 bits per heavy atom. The Labute approximate surface area is 211 Å². The maximum absolute atomic E-state index is 13.5. The summed E-state index contributed by atoms with van der Waals surface area (Å²) in [5.41, 5.74) is 2.80. The summed E-state index contributed by atoms with van der Waals surface area (Å²) in [5.74, 6) is 1.31. The highest BCUT2D eigenvalue weighted by Gasteiger charge is 2.32. The van der Waals surface area contributed by atoms with Crippen molar-refractivity contribution in [3.63, 3.8) is 0 Å². The Bertz CT molecular complexity index is 1230. The molecule has 0 saturated carbocycles. The number of benzene rings is 1. The molecule has 2 aliphatic heterocycles. The van der Waals surface area contributed by atoms with Gasteiger partial charge >= 0.3 is 0 Å². The molecule has 36 heavy (non-hydrogen) atoms. The Morgan fingerprint density at radius 1 is 1.17 bits per heavy atom. The number of nitrogens with zero attached hydrogens (tertiary/aromatic N) is 5. The van der Waals surface area contributed by atoms with Gasteiger partial charge in [-0.1, -0.05) is 25.7 Å². The van der Waals surface area contributed by atoms with E-state index in [0.717, 1.165) is 23.2 Å². The number of carbonyl (C=O) groups excluding carboxylic acids is 1. The zero-order valence-corrected chi connectivity index (χ0v) is 22.0. The number of aromatic nitrogens is 3. The molecule has 1 saturated heterocycles. The van der Waals surface area contributed by atoms with E-state index in [1.165, 1.54) is 0 Å². The standard InChI is InChI=1S/C26H32FN5O3Si/c1-36(2,3)12-11-34-18-35-22-6-4-5-20(13-22)31-17-24-23(26(31)33)16-32(29-24)21-7-8-25(28-14-21)30-10-9-19(27)15-30/h4-8,13-14,16,19H,9-12,15,17-18H2,1-3H3/t19-/m0/s1. The number of amides is 1. The van der Waals surface area contributed by atoms with Crippen LogP contribution in [0.1, 0.15) is 22.5 Å². The van der Waals surface area contributed by atoms with Gasteiger partial charge in [0, 0.05) is 39.2 Å². The molecule has 1 fully saturated rings. The van der Waals surface area contributed by atoms with Crippen molar-refractivity contribution in [2.45, 2.75) is 44.8 Å². The molecule has 1 aromatic carbocycles. The molecule has 190 valence electrons. The fourth-order valence-corrected chi connectivity index (χ4v) is 5.08. The topological polar surface area (TPSA) is 72.7 Å². The summed E-state index contributed by atoms with van der Waals surface area (Å²) in [5, 5.41) is 4.63. The van der Waals surface area contributed by atoms with Crippen LogP contribution in [0.25, 0.3) is 5.69 Å². The largest absolute Gasteiger partial charge is 0.467 e. The number of alkyl halides is 1. The first kappa shape index (κ1) is 24.5. The number of halogens is 1. The third-order valence-corrected chi connectivity index (χ3v) is 8.16. The molecule has 8 nitrogen and oxygen atoms in total. The third kappa shape index (κ3) is 5.44. The van der Waals surface area contributed by atoms with Crippen LogP contribution in [0.5, 0.6) is 5.75 Å². The number of carbonyl (C=O) groups is 1. The fraction of sp³-hybridized carbons (Fsp3) is 0.423. The predicted molar refractivity (Wildman–Crippen MR) is 140 cm³/mol.